The fourth-order valence-corrected chi connectivity index (χ4v) is 1.67. The molecule has 0 fully saturated rings. The maximum atomic E-state index is 13.1. The van der Waals surface area contributed by atoms with E-state index in [1.165, 1.54) is 18.2 Å². The smallest absolute Gasteiger partial charge is 0.239 e. The van der Waals surface area contributed by atoms with E-state index in [1.54, 1.807) is 6.07 Å². The van der Waals surface area contributed by atoms with Crippen LogP contribution in [0.1, 0.15) is 32.3 Å². The van der Waals surface area contributed by atoms with E-state index >= 15 is 0 Å². The van der Waals surface area contributed by atoms with Gasteiger partial charge in [0.05, 0.1) is 12.1 Å². The minimum Gasteiger partial charge on any atom is -0.376 e. The van der Waals surface area contributed by atoms with Gasteiger partial charge in [-0.1, -0.05) is 13.8 Å². The summed E-state index contributed by atoms with van der Waals surface area (Å²) in [5.41, 5.74) is 0.517. The van der Waals surface area contributed by atoms with E-state index < -0.39 is 5.82 Å². The van der Waals surface area contributed by atoms with Gasteiger partial charge in [-0.2, -0.15) is 5.26 Å². The average molecular weight is 263 g/mol. The molecule has 0 saturated carbocycles. The van der Waals surface area contributed by atoms with Crippen LogP contribution in [0.4, 0.5) is 10.1 Å². The second kappa shape index (κ2) is 7.37. The number of nitrogens with one attached hydrogen (secondary N) is 2. The van der Waals surface area contributed by atoms with Gasteiger partial charge in [-0.05, 0) is 31.0 Å². The first-order valence-corrected chi connectivity index (χ1v) is 6.33. The zero-order chi connectivity index (χ0) is 14.3. The lowest BCUT2D eigenvalue weighted by atomic mass is 10.2. The lowest BCUT2D eigenvalue weighted by Crippen LogP contribution is -2.37. The van der Waals surface area contributed by atoms with Crippen LogP contribution in [0.5, 0.6) is 0 Å². The molecule has 0 heterocycles. The third kappa shape index (κ3) is 4.59. The van der Waals surface area contributed by atoms with E-state index in [0.717, 1.165) is 12.8 Å². The molecule has 102 valence electrons. The highest BCUT2D eigenvalue weighted by Gasteiger charge is 2.08. The van der Waals surface area contributed by atoms with Crippen LogP contribution in [0.25, 0.3) is 0 Å². The predicted octanol–water partition coefficient (Wildman–Crippen LogP) is 2.41. The number of carbonyl (C=O) groups is 1. The van der Waals surface area contributed by atoms with E-state index in [2.05, 4.69) is 10.6 Å². The van der Waals surface area contributed by atoms with Gasteiger partial charge < -0.3 is 10.6 Å². The molecule has 0 bridgehead atoms. The van der Waals surface area contributed by atoms with Crippen LogP contribution < -0.4 is 10.6 Å². The number of hydrogen-bond donors (Lipinski definition) is 2. The number of benzene rings is 1. The molecule has 0 aliphatic carbocycles. The summed E-state index contributed by atoms with van der Waals surface area (Å²) in [6.45, 7) is 4.13. The SMILES string of the molecule is CCC(CC)NC(=O)CNc1ccc(F)c(C#N)c1. The molecule has 1 rings (SSSR count). The molecular weight excluding hydrogens is 245 g/mol. The van der Waals surface area contributed by atoms with Crippen molar-refractivity contribution in [3.8, 4) is 6.07 Å². The summed E-state index contributed by atoms with van der Waals surface area (Å²) in [6.07, 6.45) is 1.77. The second-order valence-corrected chi connectivity index (χ2v) is 4.24. The highest BCUT2D eigenvalue weighted by atomic mass is 19.1. The van der Waals surface area contributed by atoms with E-state index in [9.17, 15) is 9.18 Å². The molecule has 0 atom stereocenters. The molecule has 0 unspecified atom stereocenters. The van der Waals surface area contributed by atoms with Gasteiger partial charge in [-0.15, -0.1) is 0 Å². The Morgan fingerprint density at radius 3 is 2.68 bits per heavy atom. The zero-order valence-corrected chi connectivity index (χ0v) is 11.2. The molecule has 0 saturated heterocycles. The lowest BCUT2D eigenvalue weighted by molar-refractivity contribution is -0.120. The quantitative estimate of drug-likeness (QED) is 0.828. The summed E-state index contributed by atoms with van der Waals surface area (Å²) in [7, 11) is 0. The fourth-order valence-electron chi connectivity index (χ4n) is 1.67. The fraction of sp³-hybridized carbons (Fsp3) is 0.429. The highest BCUT2D eigenvalue weighted by Crippen LogP contribution is 2.13. The van der Waals surface area contributed by atoms with Crippen LogP contribution in [0.15, 0.2) is 18.2 Å². The third-order valence-electron chi connectivity index (χ3n) is 2.89. The van der Waals surface area contributed by atoms with Crippen molar-refractivity contribution in [3.63, 3.8) is 0 Å². The van der Waals surface area contributed by atoms with E-state index in [4.69, 9.17) is 5.26 Å². The average Bonchev–Trinajstić information content (AvgIpc) is 2.43. The molecule has 4 nitrogen and oxygen atoms in total. The summed E-state index contributed by atoms with van der Waals surface area (Å²) in [6, 6.07) is 6.03. The van der Waals surface area contributed by atoms with Crippen molar-refractivity contribution in [3.05, 3.63) is 29.6 Å². The van der Waals surface area contributed by atoms with Gasteiger partial charge in [-0.25, -0.2) is 4.39 Å². The van der Waals surface area contributed by atoms with Crippen molar-refractivity contribution in [2.75, 3.05) is 11.9 Å². The third-order valence-corrected chi connectivity index (χ3v) is 2.89. The second-order valence-electron chi connectivity index (χ2n) is 4.24. The largest absolute Gasteiger partial charge is 0.376 e. The molecule has 0 spiro atoms. The van der Waals surface area contributed by atoms with Crippen molar-refractivity contribution in [1.29, 1.82) is 5.26 Å². The van der Waals surface area contributed by atoms with Gasteiger partial charge in [0.2, 0.25) is 5.91 Å². The van der Waals surface area contributed by atoms with Crippen LogP contribution >= 0.6 is 0 Å². The molecule has 5 heteroatoms. The molecule has 0 aromatic heterocycles. The summed E-state index contributed by atoms with van der Waals surface area (Å²) in [5.74, 6) is -0.675. The normalized spacial score (nSPS) is 10.1. The number of rotatable bonds is 6. The molecule has 1 amide bonds. The Kier molecular flexibility index (Phi) is 5.80. The number of nitrogens with zero attached hydrogens (tertiary/aromatic N) is 1. The Labute approximate surface area is 112 Å². The molecule has 0 radical (unpaired) electrons. The Bertz CT molecular complexity index is 478. The Morgan fingerprint density at radius 2 is 2.11 bits per heavy atom. The van der Waals surface area contributed by atoms with Gasteiger partial charge in [0.15, 0.2) is 0 Å². The summed E-state index contributed by atoms with van der Waals surface area (Å²) in [5, 5.41) is 14.5. The van der Waals surface area contributed by atoms with Crippen molar-refractivity contribution >= 4 is 11.6 Å². The van der Waals surface area contributed by atoms with Crippen LogP contribution in [0.3, 0.4) is 0 Å². The zero-order valence-electron chi connectivity index (χ0n) is 11.2. The van der Waals surface area contributed by atoms with Crippen LogP contribution in [0.2, 0.25) is 0 Å². The standard InChI is InChI=1S/C14H18FN3O/c1-3-11(4-2)18-14(19)9-17-12-5-6-13(15)10(7-12)8-16/h5-7,11,17H,3-4,9H2,1-2H3,(H,18,19). The van der Waals surface area contributed by atoms with Gasteiger partial charge in [0.1, 0.15) is 11.9 Å². The monoisotopic (exact) mass is 263 g/mol. The maximum Gasteiger partial charge on any atom is 0.239 e. The first kappa shape index (κ1) is 15.0. The van der Waals surface area contributed by atoms with Gasteiger partial charge in [-0.3, -0.25) is 4.79 Å². The van der Waals surface area contributed by atoms with Gasteiger partial charge >= 0.3 is 0 Å². The highest BCUT2D eigenvalue weighted by molar-refractivity contribution is 5.81. The summed E-state index contributed by atoms with van der Waals surface area (Å²) in [4.78, 5) is 11.7. The Balaban J connectivity index is 2.53. The first-order valence-electron chi connectivity index (χ1n) is 6.33. The minimum absolute atomic E-state index is 0.0367. The van der Waals surface area contributed by atoms with Crippen LogP contribution in [0, 0.1) is 17.1 Å². The van der Waals surface area contributed by atoms with Crippen molar-refractivity contribution < 1.29 is 9.18 Å². The number of nitriles is 1. The first-order chi connectivity index (χ1) is 9.10. The lowest BCUT2D eigenvalue weighted by Gasteiger charge is -2.15. The molecule has 0 aliphatic rings. The number of carbonyl (C=O) groups excluding carboxylic acids is 1. The van der Waals surface area contributed by atoms with Crippen LogP contribution in [-0.2, 0) is 4.79 Å². The number of anilines is 1. The van der Waals surface area contributed by atoms with Gasteiger partial charge in [0.25, 0.3) is 0 Å². The minimum atomic E-state index is -0.561. The Hall–Kier alpha value is -2.09. The molecular formula is C14H18FN3O. The molecule has 19 heavy (non-hydrogen) atoms. The molecule has 2 N–H and O–H groups in total. The molecule has 0 aliphatic heterocycles. The summed E-state index contributed by atoms with van der Waals surface area (Å²) >= 11 is 0. The van der Waals surface area contributed by atoms with E-state index in [-0.39, 0.29) is 24.1 Å². The van der Waals surface area contributed by atoms with Crippen molar-refractivity contribution in [2.45, 2.75) is 32.7 Å². The summed E-state index contributed by atoms with van der Waals surface area (Å²) < 4.78 is 13.1. The Morgan fingerprint density at radius 1 is 1.42 bits per heavy atom. The number of amides is 1. The van der Waals surface area contributed by atoms with E-state index in [0.29, 0.717) is 5.69 Å². The number of halogens is 1. The van der Waals surface area contributed by atoms with E-state index in [1.807, 2.05) is 13.8 Å². The number of hydrogen-bond acceptors (Lipinski definition) is 3. The van der Waals surface area contributed by atoms with Crippen molar-refractivity contribution in [1.82, 2.24) is 5.32 Å². The molecule has 1 aromatic carbocycles. The molecule has 1 aromatic rings. The maximum absolute atomic E-state index is 13.1. The van der Waals surface area contributed by atoms with Crippen molar-refractivity contribution in [2.24, 2.45) is 0 Å². The predicted molar refractivity (Wildman–Crippen MR) is 72.1 cm³/mol. The topological polar surface area (TPSA) is 64.9 Å². The van der Waals surface area contributed by atoms with Gasteiger partial charge in [0, 0.05) is 11.7 Å². The van der Waals surface area contributed by atoms with Crippen LogP contribution in [-0.4, -0.2) is 18.5 Å².